The summed E-state index contributed by atoms with van der Waals surface area (Å²) in [6, 6.07) is 3.41. The minimum absolute atomic E-state index is 0.502. The van der Waals surface area contributed by atoms with E-state index in [2.05, 4.69) is 0 Å². The number of hydrogen-bond acceptors (Lipinski definition) is 3. The van der Waals surface area contributed by atoms with Gasteiger partial charge >= 0.3 is 0 Å². The summed E-state index contributed by atoms with van der Waals surface area (Å²) >= 11 is 0. The second kappa shape index (κ2) is 5.25. The highest BCUT2D eigenvalue weighted by atomic mass is 32.2. The molecule has 0 unspecified atom stereocenters. The van der Waals surface area contributed by atoms with Gasteiger partial charge in [0.2, 0.25) is 10.0 Å². The minimum atomic E-state index is -4.32. The minimum Gasteiger partial charge on any atom is -0.325 e. The summed E-state index contributed by atoms with van der Waals surface area (Å²) in [5.41, 5.74) is 5.27. The Labute approximate surface area is 103 Å². The smallest absolute Gasteiger partial charge is 0.273 e. The Morgan fingerprint density at radius 3 is 2.56 bits per heavy atom. The van der Waals surface area contributed by atoms with Crippen molar-refractivity contribution in [2.24, 2.45) is 5.73 Å². The third-order valence-electron chi connectivity index (χ3n) is 2.20. The second-order valence-corrected chi connectivity index (χ2v) is 5.55. The average molecular weight is 282 g/mol. The molecule has 0 saturated heterocycles. The van der Waals surface area contributed by atoms with E-state index in [0.29, 0.717) is 5.56 Å². The van der Waals surface area contributed by atoms with Gasteiger partial charge in [-0.15, -0.1) is 0 Å². The van der Waals surface area contributed by atoms with E-state index in [0.717, 1.165) is 12.1 Å². The van der Waals surface area contributed by atoms with Crippen LogP contribution in [-0.2, 0) is 10.0 Å². The maximum atomic E-state index is 13.3. The van der Waals surface area contributed by atoms with Gasteiger partial charge in [0.15, 0.2) is 0 Å². The molecule has 0 fully saturated rings. The molecule has 102 valence electrons. The third kappa shape index (κ3) is 3.69. The zero-order valence-corrected chi connectivity index (χ0v) is 10.4. The first-order chi connectivity index (χ1) is 8.18. The second-order valence-electron chi connectivity index (χ2n) is 3.82. The number of nitrogens with two attached hydrogens (primary N) is 1. The Hall–Kier alpha value is -1.12. The summed E-state index contributed by atoms with van der Waals surface area (Å²) in [7, 11) is -4.32. The van der Waals surface area contributed by atoms with E-state index >= 15 is 0 Å². The lowest BCUT2D eigenvalue weighted by molar-refractivity contribution is 0.0170. The number of halogens is 3. The molecule has 0 spiro atoms. The summed E-state index contributed by atoms with van der Waals surface area (Å²) in [5.74, 6) is -4.36. The molecule has 0 heterocycles. The molecule has 0 saturated carbocycles. The van der Waals surface area contributed by atoms with E-state index in [1.807, 2.05) is 0 Å². The van der Waals surface area contributed by atoms with Crippen LogP contribution in [-0.4, -0.2) is 27.4 Å². The highest BCUT2D eigenvalue weighted by molar-refractivity contribution is 7.89. The lowest BCUT2D eigenvalue weighted by atomic mass is 10.2. The van der Waals surface area contributed by atoms with Crippen molar-refractivity contribution in [3.8, 4) is 0 Å². The molecular formula is C10H13F3N2O2S. The topological polar surface area (TPSA) is 72.2 Å². The Kier molecular flexibility index (Phi) is 4.36. The van der Waals surface area contributed by atoms with Gasteiger partial charge in [-0.2, -0.15) is 0 Å². The molecule has 0 radical (unpaired) electrons. The fourth-order valence-corrected chi connectivity index (χ4v) is 2.39. The number of rotatable bonds is 5. The average Bonchev–Trinajstić information content (AvgIpc) is 2.30. The zero-order chi connectivity index (χ0) is 14.0. The number of benzene rings is 1. The van der Waals surface area contributed by atoms with Crippen LogP contribution in [0.2, 0.25) is 0 Å². The van der Waals surface area contributed by atoms with Crippen molar-refractivity contribution in [1.82, 2.24) is 4.72 Å². The fraction of sp³-hybridized carbons (Fsp3) is 0.400. The first-order valence-corrected chi connectivity index (χ1v) is 6.50. The van der Waals surface area contributed by atoms with Gasteiger partial charge in [0.25, 0.3) is 5.92 Å². The highest BCUT2D eigenvalue weighted by Gasteiger charge is 2.30. The molecule has 0 atom stereocenters. The van der Waals surface area contributed by atoms with E-state index in [1.165, 1.54) is 6.07 Å². The van der Waals surface area contributed by atoms with Gasteiger partial charge < -0.3 is 5.73 Å². The van der Waals surface area contributed by atoms with Crippen LogP contribution in [0.25, 0.3) is 0 Å². The van der Waals surface area contributed by atoms with Crippen molar-refractivity contribution in [1.29, 1.82) is 0 Å². The standard InChI is InChI=1S/C10H13F3N2O2S/c1-7-2-3-8(11)9(4-7)18(16,17)15-6-10(12,13)5-14/h2-4,15H,5-6,14H2,1H3. The van der Waals surface area contributed by atoms with Crippen molar-refractivity contribution in [3.63, 3.8) is 0 Å². The van der Waals surface area contributed by atoms with Crippen LogP contribution in [0.3, 0.4) is 0 Å². The molecule has 0 aromatic heterocycles. The molecule has 0 bridgehead atoms. The van der Waals surface area contributed by atoms with Crippen molar-refractivity contribution >= 4 is 10.0 Å². The molecule has 0 aliphatic heterocycles. The van der Waals surface area contributed by atoms with Crippen LogP contribution in [0.15, 0.2) is 23.1 Å². The maximum absolute atomic E-state index is 13.3. The summed E-state index contributed by atoms with van der Waals surface area (Å²) < 4.78 is 63.9. The van der Waals surface area contributed by atoms with Gasteiger partial charge in [-0.25, -0.2) is 26.3 Å². The van der Waals surface area contributed by atoms with E-state index < -0.39 is 39.7 Å². The van der Waals surface area contributed by atoms with Crippen LogP contribution < -0.4 is 10.5 Å². The van der Waals surface area contributed by atoms with Gasteiger partial charge in [0.1, 0.15) is 10.7 Å². The maximum Gasteiger partial charge on any atom is 0.273 e. The lowest BCUT2D eigenvalue weighted by Crippen LogP contribution is -2.41. The predicted octanol–water partition coefficient (Wildman–Crippen LogP) is 1.01. The summed E-state index contributed by atoms with van der Waals surface area (Å²) in [6.45, 7) is -0.599. The molecule has 0 amide bonds. The summed E-state index contributed by atoms with van der Waals surface area (Å²) in [5, 5.41) is 0. The van der Waals surface area contributed by atoms with Crippen LogP contribution in [0.1, 0.15) is 5.56 Å². The number of aryl methyl sites for hydroxylation is 1. The number of hydrogen-bond donors (Lipinski definition) is 2. The molecular weight excluding hydrogens is 269 g/mol. The molecule has 18 heavy (non-hydrogen) atoms. The highest BCUT2D eigenvalue weighted by Crippen LogP contribution is 2.17. The van der Waals surface area contributed by atoms with Crippen LogP contribution in [0, 0.1) is 12.7 Å². The normalized spacial score (nSPS) is 12.7. The largest absolute Gasteiger partial charge is 0.325 e. The van der Waals surface area contributed by atoms with E-state index in [9.17, 15) is 21.6 Å². The number of sulfonamides is 1. The quantitative estimate of drug-likeness (QED) is 0.846. The molecule has 1 aromatic carbocycles. The van der Waals surface area contributed by atoms with Crippen molar-refractivity contribution in [2.75, 3.05) is 13.1 Å². The molecule has 1 aromatic rings. The van der Waals surface area contributed by atoms with Crippen LogP contribution in [0.5, 0.6) is 0 Å². The SMILES string of the molecule is Cc1ccc(F)c(S(=O)(=O)NCC(F)(F)CN)c1. The number of nitrogens with one attached hydrogen (secondary N) is 1. The summed E-state index contributed by atoms with van der Waals surface area (Å²) in [4.78, 5) is -0.657. The first-order valence-electron chi connectivity index (χ1n) is 5.02. The van der Waals surface area contributed by atoms with Gasteiger partial charge in [-0.3, -0.25) is 0 Å². The Balaban J connectivity index is 2.97. The summed E-state index contributed by atoms with van der Waals surface area (Å²) in [6.07, 6.45) is 0. The fourth-order valence-electron chi connectivity index (χ4n) is 1.17. The molecule has 0 aliphatic carbocycles. The molecule has 4 nitrogen and oxygen atoms in total. The van der Waals surface area contributed by atoms with Crippen molar-refractivity contribution < 1.29 is 21.6 Å². The zero-order valence-electron chi connectivity index (χ0n) is 9.58. The first kappa shape index (κ1) is 14.9. The van der Waals surface area contributed by atoms with E-state index in [4.69, 9.17) is 5.73 Å². The molecule has 0 aliphatic rings. The Bertz CT molecular complexity index is 532. The van der Waals surface area contributed by atoms with Gasteiger partial charge in [0.05, 0.1) is 13.1 Å². The third-order valence-corrected chi connectivity index (χ3v) is 3.61. The van der Waals surface area contributed by atoms with Crippen LogP contribution >= 0.6 is 0 Å². The van der Waals surface area contributed by atoms with E-state index in [1.54, 1.807) is 11.6 Å². The van der Waals surface area contributed by atoms with E-state index in [-0.39, 0.29) is 0 Å². The monoisotopic (exact) mass is 282 g/mol. The molecule has 1 rings (SSSR count). The number of alkyl halides is 2. The predicted molar refractivity (Wildman–Crippen MR) is 60.3 cm³/mol. The Morgan fingerprint density at radius 2 is 2.00 bits per heavy atom. The van der Waals surface area contributed by atoms with Gasteiger partial charge in [-0.1, -0.05) is 6.07 Å². The Morgan fingerprint density at radius 1 is 1.39 bits per heavy atom. The van der Waals surface area contributed by atoms with Crippen molar-refractivity contribution in [2.45, 2.75) is 17.7 Å². The van der Waals surface area contributed by atoms with Crippen LogP contribution in [0.4, 0.5) is 13.2 Å². The molecule has 3 N–H and O–H groups in total. The van der Waals surface area contributed by atoms with Crippen molar-refractivity contribution in [3.05, 3.63) is 29.6 Å². The van der Waals surface area contributed by atoms with Gasteiger partial charge in [-0.05, 0) is 24.6 Å². The lowest BCUT2D eigenvalue weighted by Gasteiger charge is -2.15. The molecule has 8 heteroatoms. The van der Waals surface area contributed by atoms with Gasteiger partial charge in [0, 0.05) is 0 Å².